The molecule has 1 N–H and O–H groups in total. The minimum Gasteiger partial charge on any atom is -0.387 e. The van der Waals surface area contributed by atoms with Gasteiger partial charge in [0.2, 0.25) is 0 Å². The van der Waals surface area contributed by atoms with E-state index in [4.69, 9.17) is 10.00 Å². The number of β-amino-alcohol motifs (C(OH)–C–C–N with tert-alkyl or cyclic N) is 1. The van der Waals surface area contributed by atoms with Crippen molar-refractivity contribution in [3.8, 4) is 6.07 Å². The second kappa shape index (κ2) is 6.15. The predicted octanol–water partition coefficient (Wildman–Crippen LogP) is 2.09. The molecule has 1 saturated heterocycles. The van der Waals surface area contributed by atoms with Gasteiger partial charge in [-0.05, 0) is 30.5 Å². The summed E-state index contributed by atoms with van der Waals surface area (Å²) in [7, 11) is 0. The van der Waals surface area contributed by atoms with Crippen molar-refractivity contribution in [3.63, 3.8) is 0 Å². The quantitative estimate of drug-likeness (QED) is 0.924. The van der Waals surface area contributed by atoms with Gasteiger partial charge in [-0.1, -0.05) is 18.6 Å². The Hall–Kier alpha value is -1.41. The van der Waals surface area contributed by atoms with Gasteiger partial charge in [0, 0.05) is 25.0 Å². The Bertz CT molecular complexity index is 517. The summed E-state index contributed by atoms with van der Waals surface area (Å²) in [4.78, 5) is 2.33. The van der Waals surface area contributed by atoms with Crippen LogP contribution in [0.5, 0.6) is 0 Å². The SMILES string of the molecule is N#Cc1ccc(C(O)CN2CCOCC3(CCC3)C2)cc1. The van der Waals surface area contributed by atoms with E-state index in [-0.39, 0.29) is 0 Å². The maximum atomic E-state index is 10.4. The van der Waals surface area contributed by atoms with Crippen LogP contribution in [0.3, 0.4) is 0 Å². The van der Waals surface area contributed by atoms with E-state index in [0.29, 0.717) is 17.5 Å². The Labute approximate surface area is 125 Å². The largest absolute Gasteiger partial charge is 0.387 e. The first-order valence-electron chi connectivity index (χ1n) is 7.69. The minimum atomic E-state index is -0.507. The van der Waals surface area contributed by atoms with E-state index in [2.05, 4.69) is 11.0 Å². The first-order chi connectivity index (χ1) is 10.2. The number of benzene rings is 1. The van der Waals surface area contributed by atoms with E-state index in [1.165, 1.54) is 19.3 Å². The highest BCUT2D eigenvalue weighted by Crippen LogP contribution is 2.42. The van der Waals surface area contributed by atoms with Crippen LogP contribution in [0.4, 0.5) is 0 Å². The maximum absolute atomic E-state index is 10.4. The Morgan fingerprint density at radius 3 is 2.71 bits per heavy atom. The third kappa shape index (κ3) is 3.26. The number of nitriles is 1. The van der Waals surface area contributed by atoms with Crippen LogP contribution in [0.1, 0.15) is 36.5 Å². The van der Waals surface area contributed by atoms with E-state index < -0.39 is 6.10 Å². The molecule has 21 heavy (non-hydrogen) atoms. The lowest BCUT2D eigenvalue weighted by Gasteiger charge is -2.43. The Morgan fingerprint density at radius 1 is 1.33 bits per heavy atom. The molecule has 1 aromatic rings. The first kappa shape index (κ1) is 14.5. The third-order valence-corrected chi connectivity index (χ3v) is 4.79. The summed E-state index contributed by atoms with van der Waals surface area (Å²) in [6.45, 7) is 4.17. The average molecular weight is 286 g/mol. The van der Waals surface area contributed by atoms with Gasteiger partial charge >= 0.3 is 0 Å². The molecule has 1 unspecified atom stereocenters. The zero-order chi connectivity index (χ0) is 14.7. The van der Waals surface area contributed by atoms with Crippen LogP contribution in [0.15, 0.2) is 24.3 Å². The molecule has 1 saturated carbocycles. The zero-order valence-electron chi connectivity index (χ0n) is 12.3. The van der Waals surface area contributed by atoms with E-state index in [9.17, 15) is 5.11 Å². The molecule has 1 aromatic carbocycles. The number of rotatable bonds is 3. The second-order valence-corrected chi connectivity index (χ2v) is 6.39. The molecule has 0 bridgehead atoms. The van der Waals surface area contributed by atoms with Gasteiger partial charge in [0.15, 0.2) is 0 Å². The fourth-order valence-corrected chi connectivity index (χ4v) is 3.35. The minimum absolute atomic E-state index is 0.334. The van der Waals surface area contributed by atoms with Gasteiger partial charge in [0.05, 0.1) is 31.0 Å². The van der Waals surface area contributed by atoms with Gasteiger partial charge < -0.3 is 9.84 Å². The van der Waals surface area contributed by atoms with Gasteiger partial charge in [-0.15, -0.1) is 0 Å². The van der Waals surface area contributed by atoms with Crippen molar-refractivity contribution in [1.82, 2.24) is 4.90 Å². The lowest BCUT2D eigenvalue weighted by atomic mass is 9.69. The lowest BCUT2D eigenvalue weighted by molar-refractivity contribution is 0.00599. The molecule has 4 heteroatoms. The van der Waals surface area contributed by atoms with E-state index in [1.807, 2.05) is 12.1 Å². The van der Waals surface area contributed by atoms with Crippen LogP contribution in [0, 0.1) is 16.7 Å². The maximum Gasteiger partial charge on any atom is 0.0991 e. The second-order valence-electron chi connectivity index (χ2n) is 6.39. The highest BCUT2D eigenvalue weighted by Gasteiger charge is 2.40. The van der Waals surface area contributed by atoms with Crippen LogP contribution in [-0.4, -0.2) is 42.9 Å². The summed E-state index contributed by atoms with van der Waals surface area (Å²) in [5, 5.41) is 19.2. The van der Waals surface area contributed by atoms with Crippen molar-refractivity contribution in [3.05, 3.63) is 35.4 Å². The Morgan fingerprint density at radius 2 is 2.10 bits per heavy atom. The van der Waals surface area contributed by atoms with Crippen LogP contribution in [0.25, 0.3) is 0 Å². The number of hydrogen-bond acceptors (Lipinski definition) is 4. The molecule has 1 aliphatic heterocycles. The molecule has 0 aromatic heterocycles. The number of ether oxygens (including phenoxy) is 1. The molecular weight excluding hydrogens is 264 g/mol. The van der Waals surface area contributed by atoms with Gasteiger partial charge in [0.25, 0.3) is 0 Å². The average Bonchev–Trinajstić information content (AvgIpc) is 2.70. The molecule has 1 aliphatic carbocycles. The fourth-order valence-electron chi connectivity index (χ4n) is 3.35. The summed E-state index contributed by atoms with van der Waals surface area (Å²) in [6, 6.07) is 9.31. The van der Waals surface area contributed by atoms with Gasteiger partial charge in [0.1, 0.15) is 0 Å². The summed E-state index contributed by atoms with van der Waals surface area (Å²) in [5.74, 6) is 0. The van der Waals surface area contributed by atoms with Crippen LogP contribution in [-0.2, 0) is 4.74 Å². The lowest BCUT2D eigenvalue weighted by Crippen LogP contribution is -2.44. The molecule has 4 nitrogen and oxygen atoms in total. The van der Waals surface area contributed by atoms with E-state index >= 15 is 0 Å². The Kier molecular flexibility index (Phi) is 4.25. The zero-order valence-corrected chi connectivity index (χ0v) is 12.3. The van der Waals surface area contributed by atoms with Crippen molar-refractivity contribution in [2.45, 2.75) is 25.4 Å². The van der Waals surface area contributed by atoms with Crippen LogP contribution < -0.4 is 0 Å². The Balaban J connectivity index is 1.62. The first-order valence-corrected chi connectivity index (χ1v) is 7.69. The molecule has 0 radical (unpaired) electrons. The molecule has 112 valence electrons. The topological polar surface area (TPSA) is 56.5 Å². The van der Waals surface area contributed by atoms with Gasteiger partial charge in [-0.3, -0.25) is 4.90 Å². The molecule has 3 rings (SSSR count). The predicted molar refractivity (Wildman–Crippen MR) is 79.7 cm³/mol. The van der Waals surface area contributed by atoms with Crippen molar-refractivity contribution in [1.29, 1.82) is 5.26 Å². The monoisotopic (exact) mass is 286 g/mol. The number of aliphatic hydroxyl groups is 1. The van der Waals surface area contributed by atoms with E-state index in [0.717, 1.165) is 31.9 Å². The molecule has 2 aliphatic rings. The van der Waals surface area contributed by atoms with Crippen LogP contribution >= 0.6 is 0 Å². The van der Waals surface area contributed by atoms with Crippen molar-refractivity contribution in [2.75, 3.05) is 32.8 Å². The highest BCUT2D eigenvalue weighted by molar-refractivity contribution is 5.32. The van der Waals surface area contributed by atoms with Crippen molar-refractivity contribution < 1.29 is 9.84 Å². The number of nitrogens with zero attached hydrogens (tertiary/aromatic N) is 2. The molecule has 0 amide bonds. The summed E-state index contributed by atoms with van der Waals surface area (Å²) in [6.07, 6.45) is 3.29. The smallest absolute Gasteiger partial charge is 0.0991 e. The number of hydrogen-bond donors (Lipinski definition) is 1. The molecule has 1 atom stereocenters. The molecule has 1 heterocycles. The third-order valence-electron chi connectivity index (χ3n) is 4.79. The standard InChI is InChI=1S/C17H22N2O2/c18-10-14-2-4-15(5-3-14)16(20)11-19-8-9-21-13-17(12-19)6-1-7-17/h2-5,16,20H,1,6-9,11-13H2. The normalized spacial score (nSPS) is 23.0. The molecule has 2 fully saturated rings. The highest BCUT2D eigenvalue weighted by atomic mass is 16.5. The number of aliphatic hydroxyl groups excluding tert-OH is 1. The summed E-state index contributed by atoms with van der Waals surface area (Å²) in [5.41, 5.74) is 1.84. The van der Waals surface area contributed by atoms with Gasteiger partial charge in [-0.25, -0.2) is 0 Å². The fraction of sp³-hybridized carbons (Fsp3) is 0.588. The molecule has 1 spiro atoms. The van der Waals surface area contributed by atoms with E-state index in [1.54, 1.807) is 12.1 Å². The van der Waals surface area contributed by atoms with Crippen LogP contribution in [0.2, 0.25) is 0 Å². The van der Waals surface area contributed by atoms with Crippen molar-refractivity contribution in [2.24, 2.45) is 5.41 Å². The summed E-state index contributed by atoms with van der Waals surface area (Å²) < 4.78 is 5.74. The molecular formula is C17H22N2O2. The summed E-state index contributed by atoms with van der Waals surface area (Å²) >= 11 is 0. The van der Waals surface area contributed by atoms with Gasteiger partial charge in [-0.2, -0.15) is 5.26 Å². The van der Waals surface area contributed by atoms with Crippen molar-refractivity contribution >= 4 is 0 Å².